The van der Waals surface area contributed by atoms with E-state index in [1.54, 1.807) is 0 Å². The molecule has 0 aromatic carbocycles. The van der Waals surface area contributed by atoms with Gasteiger partial charge in [0.2, 0.25) is 10.0 Å². The van der Waals surface area contributed by atoms with E-state index in [0.717, 1.165) is 39.2 Å². The topological polar surface area (TPSA) is 110 Å². The Bertz CT molecular complexity index is 441. The highest BCUT2D eigenvalue weighted by Gasteiger charge is 2.29. The van der Waals surface area contributed by atoms with Gasteiger partial charge in [-0.2, -0.15) is 0 Å². The molecule has 7 nitrogen and oxygen atoms in total. The molecule has 1 atom stereocenters. The molecular formula is C12H21NO6S. The van der Waals surface area contributed by atoms with Crippen molar-refractivity contribution in [1.82, 2.24) is 4.72 Å². The zero-order chi connectivity index (χ0) is 15.2. The molecular weight excluding hydrogens is 286 g/mol. The Kier molecular flexibility index (Phi) is 6.41. The summed E-state index contributed by atoms with van der Waals surface area (Å²) in [6, 6.07) is -1.48. The highest BCUT2D eigenvalue weighted by molar-refractivity contribution is 7.89. The maximum Gasteiger partial charge on any atom is 0.322 e. The Morgan fingerprint density at radius 1 is 1.30 bits per heavy atom. The van der Waals surface area contributed by atoms with E-state index >= 15 is 0 Å². The maximum atomic E-state index is 12.0. The van der Waals surface area contributed by atoms with Crippen LogP contribution in [0.5, 0.6) is 0 Å². The molecule has 0 amide bonds. The average molecular weight is 307 g/mol. The van der Waals surface area contributed by atoms with E-state index in [9.17, 15) is 18.0 Å². The number of nitrogens with one attached hydrogen (secondary N) is 1. The largest absolute Gasteiger partial charge is 0.480 e. The molecule has 0 radical (unpaired) electrons. The molecule has 1 aliphatic carbocycles. The van der Waals surface area contributed by atoms with Gasteiger partial charge in [0.1, 0.15) is 6.04 Å². The lowest BCUT2D eigenvalue weighted by Gasteiger charge is -2.22. The number of carbonyl (C=O) groups is 2. The maximum absolute atomic E-state index is 12.0. The predicted octanol–water partition coefficient (Wildman–Crippen LogP) is 0.502. The van der Waals surface area contributed by atoms with Gasteiger partial charge in [-0.25, -0.2) is 13.1 Å². The van der Waals surface area contributed by atoms with Crippen molar-refractivity contribution < 1.29 is 27.9 Å². The van der Waals surface area contributed by atoms with Crippen LogP contribution in [0.4, 0.5) is 0 Å². The molecule has 0 aromatic rings. The molecule has 0 saturated heterocycles. The van der Waals surface area contributed by atoms with E-state index in [-0.39, 0.29) is 11.7 Å². The Balaban J connectivity index is 2.60. The Labute approximate surface area is 118 Å². The summed E-state index contributed by atoms with van der Waals surface area (Å²) in [5, 5.41) is 8.95. The van der Waals surface area contributed by atoms with Gasteiger partial charge in [0, 0.05) is 0 Å². The molecule has 8 heteroatoms. The smallest absolute Gasteiger partial charge is 0.322 e. The molecule has 0 unspecified atom stereocenters. The third-order valence-electron chi connectivity index (χ3n) is 3.40. The van der Waals surface area contributed by atoms with Crippen LogP contribution in [0.2, 0.25) is 0 Å². The van der Waals surface area contributed by atoms with Gasteiger partial charge in [-0.15, -0.1) is 0 Å². The lowest BCUT2D eigenvalue weighted by atomic mass is 9.91. The summed E-state index contributed by atoms with van der Waals surface area (Å²) < 4.78 is 30.3. The van der Waals surface area contributed by atoms with Gasteiger partial charge in [-0.05, 0) is 18.8 Å². The van der Waals surface area contributed by atoms with Crippen molar-refractivity contribution in [3.63, 3.8) is 0 Å². The first-order valence-electron chi connectivity index (χ1n) is 6.63. The van der Waals surface area contributed by atoms with Crippen LogP contribution in [0, 0.1) is 5.92 Å². The molecule has 1 fully saturated rings. The number of carboxylic acid groups (broad SMARTS) is 1. The van der Waals surface area contributed by atoms with Crippen molar-refractivity contribution >= 4 is 22.0 Å². The second-order valence-corrected chi connectivity index (χ2v) is 6.87. The normalized spacial score (nSPS) is 18.4. The van der Waals surface area contributed by atoms with Gasteiger partial charge in [0.15, 0.2) is 0 Å². The molecule has 20 heavy (non-hydrogen) atoms. The zero-order valence-electron chi connectivity index (χ0n) is 11.5. The standard InChI is InChI=1S/C12H21NO6S/c1-19-11(14)7-10(12(15)16)13-20(17,18)8-9-5-3-2-4-6-9/h9-10,13H,2-8H2,1H3,(H,15,16)/t10-/m0/s1. The highest BCUT2D eigenvalue weighted by Crippen LogP contribution is 2.24. The zero-order valence-corrected chi connectivity index (χ0v) is 12.3. The third-order valence-corrected chi connectivity index (χ3v) is 4.95. The lowest BCUT2D eigenvalue weighted by molar-refractivity contribution is -0.147. The number of sulfonamides is 1. The Morgan fingerprint density at radius 2 is 1.90 bits per heavy atom. The Hall–Kier alpha value is -1.15. The van der Waals surface area contributed by atoms with Crippen LogP contribution in [0.1, 0.15) is 38.5 Å². The molecule has 1 rings (SSSR count). The first-order chi connectivity index (χ1) is 9.34. The van der Waals surface area contributed by atoms with E-state index in [1.807, 2.05) is 0 Å². The fraction of sp³-hybridized carbons (Fsp3) is 0.833. The van der Waals surface area contributed by atoms with Gasteiger partial charge in [0.05, 0.1) is 19.3 Å². The van der Waals surface area contributed by atoms with Crippen molar-refractivity contribution in [2.75, 3.05) is 12.9 Å². The van der Waals surface area contributed by atoms with Gasteiger partial charge in [-0.1, -0.05) is 19.3 Å². The van der Waals surface area contributed by atoms with Gasteiger partial charge in [0.25, 0.3) is 0 Å². The minimum atomic E-state index is -3.72. The van der Waals surface area contributed by atoms with Gasteiger partial charge < -0.3 is 9.84 Å². The molecule has 1 saturated carbocycles. The summed E-state index contributed by atoms with van der Waals surface area (Å²) in [4.78, 5) is 22.1. The molecule has 0 heterocycles. The highest BCUT2D eigenvalue weighted by atomic mass is 32.2. The molecule has 0 bridgehead atoms. The number of methoxy groups -OCH3 is 1. The number of hydrogen-bond donors (Lipinski definition) is 2. The summed E-state index contributed by atoms with van der Waals surface area (Å²) >= 11 is 0. The van der Waals surface area contributed by atoms with Crippen LogP contribution in [0.25, 0.3) is 0 Å². The third kappa shape index (κ3) is 5.87. The van der Waals surface area contributed by atoms with Crippen LogP contribution in [0.3, 0.4) is 0 Å². The summed E-state index contributed by atoms with van der Waals surface area (Å²) in [6.07, 6.45) is 4.29. The fourth-order valence-corrected chi connectivity index (χ4v) is 4.03. The van der Waals surface area contributed by atoms with Crippen molar-refractivity contribution in [2.45, 2.75) is 44.6 Å². The fourth-order valence-electron chi connectivity index (χ4n) is 2.36. The molecule has 0 spiro atoms. The lowest BCUT2D eigenvalue weighted by Crippen LogP contribution is -2.44. The second kappa shape index (κ2) is 7.58. The van der Waals surface area contributed by atoms with Crippen LogP contribution in [-0.2, 0) is 24.3 Å². The summed E-state index contributed by atoms with van der Waals surface area (Å²) in [7, 11) is -2.60. The van der Waals surface area contributed by atoms with Crippen LogP contribution in [0.15, 0.2) is 0 Å². The van der Waals surface area contributed by atoms with Crippen LogP contribution >= 0.6 is 0 Å². The van der Waals surface area contributed by atoms with Crippen molar-refractivity contribution in [3.05, 3.63) is 0 Å². The molecule has 0 aromatic heterocycles. The summed E-state index contributed by atoms with van der Waals surface area (Å²) in [5.41, 5.74) is 0. The average Bonchev–Trinajstić information content (AvgIpc) is 2.38. The summed E-state index contributed by atoms with van der Waals surface area (Å²) in [6.45, 7) is 0. The van der Waals surface area contributed by atoms with Crippen molar-refractivity contribution in [2.24, 2.45) is 5.92 Å². The molecule has 0 aliphatic heterocycles. The number of hydrogen-bond acceptors (Lipinski definition) is 5. The minimum absolute atomic E-state index is 0.0637. The number of esters is 1. The van der Waals surface area contributed by atoms with E-state index < -0.39 is 34.4 Å². The summed E-state index contributed by atoms with van der Waals surface area (Å²) in [5.74, 6) is -2.17. The van der Waals surface area contributed by atoms with Crippen molar-refractivity contribution in [1.29, 1.82) is 0 Å². The second-order valence-electron chi connectivity index (χ2n) is 5.07. The monoisotopic (exact) mass is 307 g/mol. The number of carbonyl (C=O) groups excluding carboxylic acids is 1. The SMILES string of the molecule is COC(=O)C[C@H](NS(=O)(=O)CC1CCCCC1)C(=O)O. The molecule has 1 aliphatic rings. The number of carboxylic acids is 1. The van der Waals surface area contributed by atoms with Gasteiger partial charge in [-0.3, -0.25) is 9.59 Å². The van der Waals surface area contributed by atoms with E-state index in [1.165, 1.54) is 0 Å². The minimum Gasteiger partial charge on any atom is -0.480 e. The van der Waals surface area contributed by atoms with Crippen molar-refractivity contribution in [3.8, 4) is 0 Å². The number of aliphatic carboxylic acids is 1. The van der Waals surface area contributed by atoms with E-state index in [2.05, 4.69) is 9.46 Å². The van der Waals surface area contributed by atoms with E-state index in [0.29, 0.717) is 0 Å². The molecule has 116 valence electrons. The number of ether oxygens (including phenoxy) is 1. The van der Waals surface area contributed by atoms with Crippen LogP contribution in [-0.4, -0.2) is 44.4 Å². The van der Waals surface area contributed by atoms with E-state index in [4.69, 9.17) is 5.11 Å². The Morgan fingerprint density at radius 3 is 2.40 bits per heavy atom. The predicted molar refractivity (Wildman–Crippen MR) is 71.6 cm³/mol. The first-order valence-corrected chi connectivity index (χ1v) is 8.29. The van der Waals surface area contributed by atoms with Gasteiger partial charge >= 0.3 is 11.9 Å². The quantitative estimate of drug-likeness (QED) is 0.663. The molecule has 2 N–H and O–H groups in total. The number of rotatable bonds is 7. The van der Waals surface area contributed by atoms with Crippen LogP contribution < -0.4 is 4.72 Å². The first kappa shape index (κ1) is 16.9.